The molecule has 0 heterocycles. The van der Waals surface area contributed by atoms with Crippen LogP contribution in [0.25, 0.3) is 0 Å². The molecule has 0 saturated carbocycles. The first kappa shape index (κ1) is 14.1. The Balaban J connectivity index is 2.28. The lowest BCUT2D eigenvalue weighted by Gasteiger charge is -2.15. The summed E-state index contributed by atoms with van der Waals surface area (Å²) < 4.78 is 31.9. The average molecular weight is 278 g/mol. The normalized spacial score (nSPS) is 10.7. The minimum atomic E-state index is -0.513. The molecule has 0 amide bonds. The van der Waals surface area contributed by atoms with Crippen molar-refractivity contribution in [1.82, 2.24) is 0 Å². The Morgan fingerprint density at radius 3 is 2.35 bits per heavy atom. The molecule has 2 aromatic carbocycles. The highest BCUT2D eigenvalue weighted by Crippen LogP contribution is 2.31. The molecule has 0 unspecified atom stereocenters. The largest absolute Gasteiger partial charge is 0.488 e. The molecule has 5 heteroatoms. The first-order valence-electron chi connectivity index (χ1n) is 6.24. The highest BCUT2D eigenvalue weighted by atomic mass is 19.1. The lowest BCUT2D eigenvalue weighted by molar-refractivity contribution is 0.231. The molecule has 0 aliphatic carbocycles. The van der Waals surface area contributed by atoms with Crippen LogP contribution in [0.3, 0.4) is 0 Å². The number of nitrogen functional groups attached to an aromatic ring is 1. The first-order valence-corrected chi connectivity index (χ1v) is 6.24. The van der Waals surface area contributed by atoms with E-state index < -0.39 is 5.82 Å². The highest BCUT2D eigenvalue weighted by Gasteiger charge is 2.11. The Hall–Kier alpha value is -2.30. The molecule has 0 atom stereocenters. The molecule has 0 radical (unpaired) electrons. The summed E-state index contributed by atoms with van der Waals surface area (Å²) in [5.74, 6) is -0.717. The van der Waals surface area contributed by atoms with Gasteiger partial charge in [-0.05, 0) is 38.1 Å². The van der Waals surface area contributed by atoms with Crippen LogP contribution in [0.1, 0.15) is 13.8 Å². The fourth-order valence-electron chi connectivity index (χ4n) is 1.71. The highest BCUT2D eigenvalue weighted by molar-refractivity contribution is 5.74. The molecule has 3 N–H and O–H groups in total. The standard InChI is InChI=1S/C15H16F2N2O/c1-9(2)20-15-8-14(13(18)7-12(15)17)19-11-5-3-10(16)4-6-11/h3-9,19H,18H2,1-2H3. The molecular weight excluding hydrogens is 262 g/mol. The van der Waals surface area contributed by atoms with Crippen molar-refractivity contribution in [3.8, 4) is 5.75 Å². The van der Waals surface area contributed by atoms with E-state index in [0.717, 1.165) is 0 Å². The summed E-state index contributed by atoms with van der Waals surface area (Å²) in [4.78, 5) is 0. The first-order chi connectivity index (χ1) is 9.45. The lowest BCUT2D eigenvalue weighted by atomic mass is 10.2. The molecule has 20 heavy (non-hydrogen) atoms. The van der Waals surface area contributed by atoms with Crippen molar-refractivity contribution < 1.29 is 13.5 Å². The zero-order valence-electron chi connectivity index (χ0n) is 11.3. The quantitative estimate of drug-likeness (QED) is 0.828. The molecule has 2 aromatic rings. The van der Waals surface area contributed by atoms with Gasteiger partial charge >= 0.3 is 0 Å². The van der Waals surface area contributed by atoms with E-state index >= 15 is 0 Å². The van der Waals surface area contributed by atoms with Gasteiger partial charge in [-0.25, -0.2) is 8.78 Å². The van der Waals surface area contributed by atoms with E-state index in [1.807, 2.05) is 13.8 Å². The molecular formula is C15H16F2N2O. The van der Waals surface area contributed by atoms with E-state index in [9.17, 15) is 8.78 Å². The Morgan fingerprint density at radius 1 is 1.10 bits per heavy atom. The van der Waals surface area contributed by atoms with Gasteiger partial charge in [-0.1, -0.05) is 0 Å². The molecule has 0 spiro atoms. The number of hydrogen-bond donors (Lipinski definition) is 2. The topological polar surface area (TPSA) is 47.3 Å². The maximum atomic E-state index is 13.7. The van der Waals surface area contributed by atoms with Crippen molar-refractivity contribution in [2.45, 2.75) is 20.0 Å². The molecule has 0 aliphatic heterocycles. The molecule has 0 aliphatic rings. The Kier molecular flexibility index (Phi) is 4.08. The predicted molar refractivity (Wildman–Crippen MR) is 76.3 cm³/mol. The Morgan fingerprint density at radius 2 is 1.75 bits per heavy atom. The second kappa shape index (κ2) is 5.77. The third kappa shape index (κ3) is 3.38. The van der Waals surface area contributed by atoms with Gasteiger partial charge in [0.05, 0.1) is 17.5 Å². The molecule has 106 valence electrons. The van der Waals surface area contributed by atoms with Crippen LogP contribution in [0.5, 0.6) is 5.75 Å². The van der Waals surface area contributed by atoms with E-state index in [1.165, 1.54) is 24.3 Å². The number of ether oxygens (including phenoxy) is 1. The molecule has 3 nitrogen and oxygen atoms in total. The average Bonchev–Trinajstić information content (AvgIpc) is 2.37. The maximum absolute atomic E-state index is 13.7. The summed E-state index contributed by atoms with van der Waals surface area (Å²) >= 11 is 0. The van der Waals surface area contributed by atoms with Crippen LogP contribution in [0.4, 0.5) is 25.8 Å². The summed E-state index contributed by atoms with van der Waals surface area (Å²) in [5, 5.41) is 3.00. The number of nitrogens with one attached hydrogen (secondary N) is 1. The summed E-state index contributed by atoms with van der Waals surface area (Å²) in [6.45, 7) is 3.62. The van der Waals surface area contributed by atoms with Gasteiger partial charge in [0.25, 0.3) is 0 Å². The van der Waals surface area contributed by atoms with E-state index in [4.69, 9.17) is 10.5 Å². The maximum Gasteiger partial charge on any atom is 0.167 e. The van der Waals surface area contributed by atoms with E-state index in [1.54, 1.807) is 12.1 Å². The fraction of sp³-hybridized carbons (Fsp3) is 0.200. The Labute approximate surface area is 116 Å². The molecule has 0 saturated heterocycles. The molecule has 0 aromatic heterocycles. The zero-order chi connectivity index (χ0) is 14.7. The number of anilines is 3. The second-order valence-corrected chi connectivity index (χ2v) is 4.67. The number of benzene rings is 2. The minimum absolute atomic E-state index is 0.124. The van der Waals surface area contributed by atoms with Crippen molar-refractivity contribution in [3.63, 3.8) is 0 Å². The van der Waals surface area contributed by atoms with Gasteiger partial charge in [-0.15, -0.1) is 0 Å². The third-order valence-corrected chi connectivity index (χ3v) is 2.59. The number of nitrogens with two attached hydrogens (primary N) is 1. The van der Waals surface area contributed by atoms with E-state index in [-0.39, 0.29) is 23.4 Å². The van der Waals surface area contributed by atoms with Crippen molar-refractivity contribution >= 4 is 17.1 Å². The third-order valence-electron chi connectivity index (χ3n) is 2.59. The molecule has 0 bridgehead atoms. The van der Waals surface area contributed by atoms with Gasteiger partial charge in [0.15, 0.2) is 11.6 Å². The predicted octanol–water partition coefficient (Wildman–Crippen LogP) is 4.08. The van der Waals surface area contributed by atoms with Crippen LogP contribution in [-0.2, 0) is 0 Å². The minimum Gasteiger partial charge on any atom is -0.488 e. The SMILES string of the molecule is CC(C)Oc1cc(Nc2ccc(F)cc2)c(N)cc1F. The van der Waals surface area contributed by atoms with Gasteiger partial charge in [0.1, 0.15) is 5.82 Å². The van der Waals surface area contributed by atoms with Gasteiger partial charge in [0, 0.05) is 17.8 Å². The van der Waals surface area contributed by atoms with Gasteiger partial charge in [0.2, 0.25) is 0 Å². The van der Waals surface area contributed by atoms with Crippen LogP contribution >= 0.6 is 0 Å². The zero-order valence-corrected chi connectivity index (χ0v) is 11.3. The lowest BCUT2D eigenvalue weighted by Crippen LogP contribution is -2.08. The van der Waals surface area contributed by atoms with Crippen LogP contribution in [0, 0.1) is 11.6 Å². The van der Waals surface area contributed by atoms with Crippen LogP contribution < -0.4 is 15.8 Å². The smallest absolute Gasteiger partial charge is 0.167 e. The van der Waals surface area contributed by atoms with Crippen molar-refractivity contribution in [1.29, 1.82) is 0 Å². The van der Waals surface area contributed by atoms with Crippen LogP contribution in [-0.4, -0.2) is 6.10 Å². The van der Waals surface area contributed by atoms with E-state index in [2.05, 4.69) is 5.32 Å². The number of halogens is 2. The van der Waals surface area contributed by atoms with Crippen LogP contribution in [0.2, 0.25) is 0 Å². The number of rotatable bonds is 4. The summed E-state index contributed by atoms with van der Waals surface area (Å²) in [6, 6.07) is 8.49. The molecule has 2 rings (SSSR count). The summed E-state index contributed by atoms with van der Waals surface area (Å²) in [5.41, 5.74) is 7.18. The monoisotopic (exact) mass is 278 g/mol. The summed E-state index contributed by atoms with van der Waals surface area (Å²) in [7, 11) is 0. The van der Waals surface area contributed by atoms with Crippen molar-refractivity contribution in [2.24, 2.45) is 0 Å². The van der Waals surface area contributed by atoms with Crippen molar-refractivity contribution in [3.05, 3.63) is 48.0 Å². The second-order valence-electron chi connectivity index (χ2n) is 4.67. The van der Waals surface area contributed by atoms with Gasteiger partial charge in [-0.2, -0.15) is 0 Å². The number of hydrogen-bond acceptors (Lipinski definition) is 3. The van der Waals surface area contributed by atoms with Gasteiger partial charge < -0.3 is 15.8 Å². The molecule has 0 fully saturated rings. The Bertz CT molecular complexity index is 598. The van der Waals surface area contributed by atoms with Crippen molar-refractivity contribution in [2.75, 3.05) is 11.1 Å². The van der Waals surface area contributed by atoms with Gasteiger partial charge in [-0.3, -0.25) is 0 Å². The fourth-order valence-corrected chi connectivity index (χ4v) is 1.71. The van der Waals surface area contributed by atoms with E-state index in [0.29, 0.717) is 11.4 Å². The summed E-state index contributed by atoms with van der Waals surface area (Å²) in [6.07, 6.45) is -0.146. The van der Waals surface area contributed by atoms with Crippen LogP contribution in [0.15, 0.2) is 36.4 Å².